The van der Waals surface area contributed by atoms with E-state index in [0.29, 0.717) is 43.1 Å². The van der Waals surface area contributed by atoms with E-state index in [-0.39, 0.29) is 27.8 Å². The topological polar surface area (TPSA) is 60.9 Å². The normalized spacial score (nSPS) is 23.3. The third-order valence-corrected chi connectivity index (χ3v) is 10.5. The Balaban J connectivity index is 1.41. The number of anilines is 1. The maximum absolute atomic E-state index is 13.9. The first-order chi connectivity index (χ1) is 18.2. The molecule has 0 aromatic heterocycles. The zero-order valence-corrected chi connectivity index (χ0v) is 23.3. The first-order valence-electron chi connectivity index (χ1n) is 13.0. The molecule has 0 spiro atoms. The number of aliphatic hydroxyl groups is 1. The molecule has 1 saturated heterocycles. The van der Waals surface area contributed by atoms with Crippen LogP contribution in [0.1, 0.15) is 44.1 Å². The Morgan fingerprint density at radius 3 is 2.24 bits per heavy atom. The summed E-state index contributed by atoms with van der Waals surface area (Å²) >= 11 is 12.2. The van der Waals surface area contributed by atoms with Crippen LogP contribution in [0.2, 0.25) is 10.0 Å². The quantitative estimate of drug-likeness (QED) is 0.358. The first-order valence-corrected chi connectivity index (χ1v) is 15.2. The van der Waals surface area contributed by atoms with Crippen molar-refractivity contribution in [3.05, 3.63) is 94.2 Å². The molecule has 0 radical (unpaired) electrons. The molecule has 2 aliphatic rings. The Morgan fingerprint density at radius 1 is 0.895 bits per heavy atom. The van der Waals surface area contributed by atoms with E-state index in [9.17, 15) is 17.9 Å². The molecule has 2 atom stereocenters. The number of benzene rings is 3. The number of hydrogen-bond donors (Lipinski definition) is 1. The summed E-state index contributed by atoms with van der Waals surface area (Å²) in [4.78, 5) is 2.38. The van der Waals surface area contributed by atoms with Crippen LogP contribution in [0.15, 0.2) is 77.7 Å². The molecule has 5 rings (SSSR count). The van der Waals surface area contributed by atoms with Gasteiger partial charge in [0.05, 0.1) is 20.6 Å². The van der Waals surface area contributed by atoms with Gasteiger partial charge in [-0.1, -0.05) is 66.4 Å². The summed E-state index contributed by atoms with van der Waals surface area (Å²) in [6, 6.07) is 19.3. The number of hydrogen-bond acceptors (Lipinski definition) is 4. The summed E-state index contributed by atoms with van der Waals surface area (Å²) in [7, 11) is -3.92. The van der Waals surface area contributed by atoms with Gasteiger partial charge in [0.2, 0.25) is 0 Å². The molecule has 0 amide bonds. The summed E-state index contributed by atoms with van der Waals surface area (Å²) in [5.41, 5.74) is 0.265. The Morgan fingerprint density at radius 2 is 1.58 bits per heavy atom. The van der Waals surface area contributed by atoms with Gasteiger partial charge in [0.15, 0.2) is 0 Å². The molecular weight excluding hydrogens is 546 g/mol. The lowest BCUT2D eigenvalue weighted by molar-refractivity contribution is -0.0849. The van der Waals surface area contributed by atoms with Crippen LogP contribution in [0.3, 0.4) is 0 Å². The molecule has 0 unspecified atom stereocenters. The van der Waals surface area contributed by atoms with Gasteiger partial charge in [0, 0.05) is 25.2 Å². The second-order valence-corrected chi connectivity index (χ2v) is 12.8. The Kier molecular flexibility index (Phi) is 8.04. The Bertz CT molecular complexity index is 1370. The standard InChI is InChI=1S/C29H31Cl2FN2O3S/c30-26-14-13-25(20-27(26)31)38(36,37)34(23-6-2-1-3-7-23)24-15-18-33(19-16-24)28-8-4-5-17-29(28,35)21-9-11-22(32)12-10-21/h1-3,6-7,9-14,20,24,28,35H,4-5,8,15-19H2/t28-,29+/m1/s1. The van der Waals surface area contributed by atoms with Crippen molar-refractivity contribution in [1.29, 1.82) is 0 Å². The number of sulfonamides is 1. The van der Waals surface area contributed by atoms with Gasteiger partial charge >= 0.3 is 0 Å². The molecular formula is C29H31Cl2FN2O3S. The third kappa shape index (κ3) is 5.32. The SMILES string of the molecule is O=S(=O)(c1ccc(Cl)c(Cl)c1)N(c1ccccc1)C1CCN([C@@H]2CCCC[C@]2(O)c2ccc(F)cc2)CC1. The molecule has 0 bridgehead atoms. The summed E-state index contributed by atoms with van der Waals surface area (Å²) in [6.45, 7) is 1.28. The highest BCUT2D eigenvalue weighted by Crippen LogP contribution is 2.42. The van der Waals surface area contributed by atoms with Gasteiger partial charge < -0.3 is 5.11 Å². The second kappa shape index (κ2) is 11.1. The number of halogens is 3. The van der Waals surface area contributed by atoms with E-state index in [1.807, 2.05) is 18.2 Å². The van der Waals surface area contributed by atoms with E-state index >= 15 is 0 Å². The molecule has 1 aliphatic heterocycles. The largest absolute Gasteiger partial charge is 0.384 e. The summed E-state index contributed by atoms with van der Waals surface area (Å²) < 4.78 is 43.0. The van der Waals surface area contributed by atoms with Crippen molar-refractivity contribution in [2.24, 2.45) is 0 Å². The average Bonchev–Trinajstić information content (AvgIpc) is 2.92. The van der Waals surface area contributed by atoms with Gasteiger partial charge in [-0.2, -0.15) is 0 Å². The zero-order chi connectivity index (χ0) is 26.9. The van der Waals surface area contributed by atoms with Gasteiger partial charge in [-0.15, -0.1) is 0 Å². The molecule has 5 nitrogen and oxygen atoms in total. The van der Waals surface area contributed by atoms with Crippen molar-refractivity contribution in [1.82, 2.24) is 4.90 Å². The third-order valence-electron chi connectivity index (χ3n) is 7.91. The number of nitrogens with zero attached hydrogens (tertiary/aromatic N) is 2. The monoisotopic (exact) mass is 576 g/mol. The molecule has 9 heteroatoms. The van der Waals surface area contributed by atoms with E-state index in [0.717, 1.165) is 24.8 Å². The van der Waals surface area contributed by atoms with Gasteiger partial charge in [-0.05, 0) is 73.7 Å². The predicted octanol–water partition coefficient (Wildman–Crippen LogP) is 6.62. The molecule has 3 aromatic rings. The van der Waals surface area contributed by atoms with Crippen molar-refractivity contribution in [2.45, 2.75) is 61.1 Å². The second-order valence-electron chi connectivity index (χ2n) is 10.2. The van der Waals surface area contributed by atoms with E-state index < -0.39 is 15.6 Å². The fraction of sp³-hybridized carbons (Fsp3) is 0.379. The predicted molar refractivity (Wildman–Crippen MR) is 150 cm³/mol. The lowest BCUT2D eigenvalue weighted by Gasteiger charge is -2.49. The summed E-state index contributed by atoms with van der Waals surface area (Å²) in [5, 5.41) is 12.3. The Labute approximate surface area is 233 Å². The van der Waals surface area contributed by atoms with Crippen LogP contribution in [-0.2, 0) is 15.6 Å². The van der Waals surface area contributed by atoms with Crippen LogP contribution in [0, 0.1) is 5.82 Å². The van der Waals surface area contributed by atoms with E-state index in [1.165, 1.54) is 34.6 Å². The van der Waals surface area contributed by atoms with Gasteiger partial charge in [-0.3, -0.25) is 9.21 Å². The van der Waals surface area contributed by atoms with E-state index in [1.54, 1.807) is 24.3 Å². The van der Waals surface area contributed by atoms with Crippen LogP contribution in [-0.4, -0.2) is 43.6 Å². The number of rotatable bonds is 6. The molecule has 1 saturated carbocycles. The summed E-state index contributed by atoms with van der Waals surface area (Å²) in [5.74, 6) is -0.324. The molecule has 1 N–H and O–H groups in total. The minimum atomic E-state index is -3.92. The smallest absolute Gasteiger partial charge is 0.264 e. The average molecular weight is 578 g/mol. The lowest BCUT2D eigenvalue weighted by Crippen LogP contribution is -2.57. The van der Waals surface area contributed by atoms with E-state index in [4.69, 9.17) is 23.2 Å². The Hall–Kier alpha value is -2.16. The van der Waals surface area contributed by atoms with Crippen LogP contribution < -0.4 is 4.31 Å². The molecule has 3 aromatic carbocycles. The van der Waals surface area contributed by atoms with Gasteiger partial charge in [0.25, 0.3) is 10.0 Å². The minimum Gasteiger partial charge on any atom is -0.384 e. The van der Waals surface area contributed by atoms with Crippen LogP contribution in [0.4, 0.5) is 10.1 Å². The minimum absolute atomic E-state index is 0.0937. The summed E-state index contributed by atoms with van der Waals surface area (Å²) in [6.07, 6.45) is 4.57. The van der Waals surface area contributed by atoms with Crippen LogP contribution in [0.25, 0.3) is 0 Å². The fourth-order valence-electron chi connectivity index (χ4n) is 6.00. The lowest BCUT2D eigenvalue weighted by atomic mass is 9.74. The molecule has 1 heterocycles. The van der Waals surface area contributed by atoms with Gasteiger partial charge in [-0.25, -0.2) is 12.8 Å². The maximum atomic E-state index is 13.9. The molecule has 38 heavy (non-hydrogen) atoms. The van der Waals surface area contributed by atoms with Crippen LogP contribution in [0.5, 0.6) is 0 Å². The highest BCUT2D eigenvalue weighted by Gasteiger charge is 2.45. The highest BCUT2D eigenvalue weighted by molar-refractivity contribution is 7.92. The molecule has 202 valence electrons. The zero-order valence-electron chi connectivity index (χ0n) is 20.9. The first kappa shape index (κ1) is 27.4. The van der Waals surface area contributed by atoms with Crippen molar-refractivity contribution in [3.63, 3.8) is 0 Å². The number of para-hydroxylation sites is 1. The van der Waals surface area contributed by atoms with Crippen molar-refractivity contribution < 1.29 is 17.9 Å². The van der Waals surface area contributed by atoms with Crippen molar-refractivity contribution in [3.8, 4) is 0 Å². The van der Waals surface area contributed by atoms with E-state index in [2.05, 4.69) is 4.90 Å². The molecule has 1 aliphatic carbocycles. The van der Waals surface area contributed by atoms with Crippen molar-refractivity contribution >= 4 is 38.9 Å². The van der Waals surface area contributed by atoms with Crippen molar-refractivity contribution in [2.75, 3.05) is 17.4 Å². The fourth-order valence-corrected chi connectivity index (χ4v) is 8.10. The van der Waals surface area contributed by atoms with Crippen LogP contribution >= 0.6 is 23.2 Å². The number of likely N-dealkylation sites (tertiary alicyclic amines) is 1. The number of piperidine rings is 1. The highest BCUT2D eigenvalue weighted by atomic mass is 35.5. The van der Waals surface area contributed by atoms with Gasteiger partial charge in [0.1, 0.15) is 11.4 Å². The maximum Gasteiger partial charge on any atom is 0.264 e. The molecule has 2 fully saturated rings.